The maximum atomic E-state index is 3.64. The third-order valence-electron chi connectivity index (χ3n) is 3.63. The molecule has 0 fully saturated rings. The first-order valence-electron chi connectivity index (χ1n) is 7.87. The summed E-state index contributed by atoms with van der Waals surface area (Å²) >= 11 is 6.05. The first-order chi connectivity index (χ1) is 9.69. The third-order valence-corrected chi connectivity index (χ3v) is 5.11. The summed E-state index contributed by atoms with van der Waals surface area (Å²) in [5, 5.41) is 3.64. The molecule has 0 amide bonds. The van der Waals surface area contributed by atoms with E-state index in [1.807, 2.05) is 0 Å². The Morgan fingerprint density at radius 1 is 1.10 bits per heavy atom. The van der Waals surface area contributed by atoms with Crippen molar-refractivity contribution in [3.05, 3.63) is 31.8 Å². The maximum absolute atomic E-state index is 3.64. The Hall–Kier alpha value is 0.390. The molecule has 0 saturated heterocycles. The number of hydrogen-bond acceptors (Lipinski definition) is 1. The fourth-order valence-electron chi connectivity index (χ4n) is 2.52. The van der Waals surface area contributed by atoms with Crippen LogP contribution in [0.2, 0.25) is 0 Å². The average molecular weight is 452 g/mol. The van der Waals surface area contributed by atoms with E-state index in [-0.39, 0.29) is 0 Å². The van der Waals surface area contributed by atoms with Crippen molar-refractivity contribution in [3.63, 3.8) is 0 Å². The van der Waals surface area contributed by atoms with Gasteiger partial charge in [0.25, 0.3) is 0 Å². The molecule has 0 spiro atoms. The van der Waals surface area contributed by atoms with Gasteiger partial charge in [0, 0.05) is 14.1 Å². The van der Waals surface area contributed by atoms with Gasteiger partial charge in [0.2, 0.25) is 0 Å². The highest BCUT2D eigenvalue weighted by molar-refractivity contribution is 14.1. The van der Waals surface area contributed by atoms with E-state index in [1.54, 1.807) is 0 Å². The van der Waals surface area contributed by atoms with Crippen LogP contribution < -0.4 is 5.32 Å². The highest BCUT2D eigenvalue weighted by Crippen LogP contribution is 2.27. The lowest BCUT2D eigenvalue weighted by Crippen LogP contribution is -2.21. The second-order valence-corrected chi connectivity index (χ2v) is 7.41. The summed E-state index contributed by atoms with van der Waals surface area (Å²) in [4.78, 5) is 0. The monoisotopic (exact) mass is 451 g/mol. The quantitative estimate of drug-likeness (QED) is 0.318. The van der Waals surface area contributed by atoms with Gasteiger partial charge in [-0.05, 0) is 59.3 Å². The Morgan fingerprint density at radius 2 is 1.80 bits per heavy atom. The van der Waals surface area contributed by atoms with Crippen LogP contribution in [-0.2, 0) is 0 Å². The minimum absolute atomic E-state index is 0.496. The number of halogens is 2. The van der Waals surface area contributed by atoms with Crippen LogP contribution in [0, 0.1) is 3.57 Å². The molecular weight excluding hydrogens is 425 g/mol. The molecule has 0 aromatic heterocycles. The predicted octanol–water partition coefficient (Wildman–Crippen LogP) is 6.45. The Kier molecular flexibility index (Phi) is 10.2. The molecule has 0 heterocycles. The first kappa shape index (κ1) is 18.4. The molecule has 0 saturated carbocycles. The highest BCUT2D eigenvalue weighted by atomic mass is 127. The summed E-state index contributed by atoms with van der Waals surface area (Å²) in [6.07, 6.45) is 9.44. The number of nitrogens with one attached hydrogen (secondary N) is 1. The van der Waals surface area contributed by atoms with E-state index < -0.39 is 0 Å². The first-order valence-corrected chi connectivity index (χ1v) is 9.74. The van der Waals surface area contributed by atoms with Gasteiger partial charge in [-0.15, -0.1) is 0 Å². The summed E-state index contributed by atoms with van der Waals surface area (Å²) in [6, 6.07) is 7.09. The molecule has 0 aliphatic heterocycles. The summed E-state index contributed by atoms with van der Waals surface area (Å²) in [6.45, 7) is 5.50. The van der Waals surface area contributed by atoms with Crippen LogP contribution >= 0.6 is 38.5 Å². The minimum atomic E-state index is 0.496. The van der Waals surface area contributed by atoms with Crippen molar-refractivity contribution < 1.29 is 0 Å². The summed E-state index contributed by atoms with van der Waals surface area (Å²) in [5.41, 5.74) is 1.44. The van der Waals surface area contributed by atoms with Crippen molar-refractivity contribution in [1.29, 1.82) is 0 Å². The van der Waals surface area contributed by atoms with E-state index >= 15 is 0 Å². The minimum Gasteiger partial charge on any atom is -0.310 e. The fourth-order valence-corrected chi connectivity index (χ4v) is 3.61. The van der Waals surface area contributed by atoms with Gasteiger partial charge in [0.05, 0.1) is 0 Å². The molecule has 1 aromatic carbocycles. The van der Waals surface area contributed by atoms with Gasteiger partial charge in [-0.1, -0.05) is 68.3 Å². The second kappa shape index (κ2) is 11.0. The largest absolute Gasteiger partial charge is 0.310 e. The van der Waals surface area contributed by atoms with Crippen molar-refractivity contribution >= 4 is 38.5 Å². The van der Waals surface area contributed by atoms with Crippen LogP contribution in [0.25, 0.3) is 0 Å². The van der Waals surface area contributed by atoms with Gasteiger partial charge in [0.15, 0.2) is 0 Å². The molecule has 20 heavy (non-hydrogen) atoms. The van der Waals surface area contributed by atoms with Gasteiger partial charge in [0.1, 0.15) is 0 Å². The van der Waals surface area contributed by atoms with E-state index in [2.05, 4.69) is 75.9 Å². The van der Waals surface area contributed by atoms with E-state index in [0.29, 0.717) is 6.04 Å². The highest BCUT2D eigenvalue weighted by Gasteiger charge is 2.13. The molecule has 1 rings (SSSR count). The molecule has 114 valence electrons. The summed E-state index contributed by atoms with van der Waals surface area (Å²) in [5.74, 6) is 0. The van der Waals surface area contributed by atoms with Crippen LogP contribution in [0.5, 0.6) is 0 Å². The molecule has 0 radical (unpaired) electrons. The molecule has 1 unspecified atom stereocenters. The molecular formula is C17H27BrIN. The van der Waals surface area contributed by atoms with Crippen LogP contribution in [0.3, 0.4) is 0 Å². The Balaban J connectivity index is 2.49. The zero-order valence-corrected chi connectivity index (χ0v) is 16.5. The molecule has 1 atom stereocenters. The van der Waals surface area contributed by atoms with Crippen molar-refractivity contribution in [2.45, 2.75) is 64.8 Å². The molecule has 3 heteroatoms. The second-order valence-electron chi connectivity index (χ2n) is 5.33. The SMILES string of the molecule is CCCCCCCCC(NCC)c1cc(Br)ccc1I. The predicted molar refractivity (Wildman–Crippen MR) is 101 cm³/mol. The van der Waals surface area contributed by atoms with Gasteiger partial charge in [-0.3, -0.25) is 0 Å². The van der Waals surface area contributed by atoms with Crippen LogP contribution in [-0.4, -0.2) is 6.54 Å². The maximum Gasteiger partial charge on any atom is 0.0331 e. The standard InChI is InChI=1S/C17H27BrIN/c1-3-5-6-7-8-9-10-17(20-4-2)15-13-14(18)11-12-16(15)19/h11-13,17,20H,3-10H2,1-2H3. The van der Waals surface area contributed by atoms with E-state index in [1.165, 1.54) is 58.6 Å². The van der Waals surface area contributed by atoms with Gasteiger partial charge in [-0.25, -0.2) is 0 Å². The molecule has 1 N–H and O–H groups in total. The Labute approximate surface area is 146 Å². The molecule has 0 aliphatic carbocycles. The average Bonchev–Trinajstić information content (AvgIpc) is 2.44. The van der Waals surface area contributed by atoms with E-state index in [9.17, 15) is 0 Å². The topological polar surface area (TPSA) is 12.0 Å². The molecule has 1 nitrogen and oxygen atoms in total. The number of unbranched alkanes of at least 4 members (excludes halogenated alkanes) is 5. The van der Waals surface area contributed by atoms with Crippen LogP contribution in [0.4, 0.5) is 0 Å². The van der Waals surface area contributed by atoms with Gasteiger partial charge >= 0.3 is 0 Å². The van der Waals surface area contributed by atoms with Gasteiger partial charge < -0.3 is 5.32 Å². The number of hydrogen-bond donors (Lipinski definition) is 1. The normalized spacial score (nSPS) is 12.6. The van der Waals surface area contributed by atoms with Crippen molar-refractivity contribution in [3.8, 4) is 0 Å². The summed E-state index contributed by atoms with van der Waals surface area (Å²) < 4.78 is 2.54. The fraction of sp³-hybridized carbons (Fsp3) is 0.647. The lowest BCUT2D eigenvalue weighted by Gasteiger charge is -2.20. The van der Waals surface area contributed by atoms with Crippen molar-refractivity contribution in [1.82, 2.24) is 5.32 Å². The molecule has 0 aliphatic rings. The van der Waals surface area contributed by atoms with E-state index in [4.69, 9.17) is 0 Å². The Morgan fingerprint density at radius 3 is 2.50 bits per heavy atom. The van der Waals surface area contributed by atoms with Gasteiger partial charge in [-0.2, -0.15) is 0 Å². The third kappa shape index (κ3) is 6.90. The number of benzene rings is 1. The van der Waals surface area contributed by atoms with Crippen LogP contribution in [0.15, 0.2) is 22.7 Å². The Bertz CT molecular complexity index is 381. The lowest BCUT2D eigenvalue weighted by molar-refractivity contribution is 0.475. The summed E-state index contributed by atoms with van der Waals surface area (Å²) in [7, 11) is 0. The number of rotatable bonds is 10. The zero-order chi connectivity index (χ0) is 14.8. The van der Waals surface area contributed by atoms with Crippen LogP contribution in [0.1, 0.15) is 70.4 Å². The van der Waals surface area contributed by atoms with Crippen molar-refractivity contribution in [2.75, 3.05) is 6.54 Å². The van der Waals surface area contributed by atoms with Crippen molar-refractivity contribution in [2.24, 2.45) is 0 Å². The molecule has 1 aromatic rings. The molecule has 0 bridgehead atoms. The van der Waals surface area contributed by atoms with E-state index in [0.717, 1.165) is 6.54 Å². The lowest BCUT2D eigenvalue weighted by atomic mass is 9.99. The smallest absolute Gasteiger partial charge is 0.0331 e. The zero-order valence-electron chi connectivity index (χ0n) is 12.7.